The van der Waals surface area contributed by atoms with Gasteiger partial charge in [-0.2, -0.15) is 0 Å². The van der Waals surface area contributed by atoms with Crippen molar-refractivity contribution in [2.45, 2.75) is 13.0 Å². The summed E-state index contributed by atoms with van der Waals surface area (Å²) in [4.78, 5) is 10.9. The van der Waals surface area contributed by atoms with E-state index in [0.29, 0.717) is 11.3 Å². The van der Waals surface area contributed by atoms with Crippen molar-refractivity contribution in [3.63, 3.8) is 0 Å². The standard InChI is InChI=1S/C15H14F2N2O/c1-9(13-8-11(16)4-7-14(13)17)19-12-5-2-10(3-6-12)15(18)20/h2-9,19H,1H3,(H2,18,20). The van der Waals surface area contributed by atoms with Gasteiger partial charge in [-0.3, -0.25) is 4.79 Å². The van der Waals surface area contributed by atoms with Gasteiger partial charge in [0.25, 0.3) is 0 Å². The number of primary amides is 1. The van der Waals surface area contributed by atoms with Crippen molar-refractivity contribution in [1.82, 2.24) is 0 Å². The zero-order chi connectivity index (χ0) is 14.7. The SMILES string of the molecule is CC(Nc1ccc(C(N)=O)cc1)c1cc(F)ccc1F. The molecule has 2 aromatic rings. The smallest absolute Gasteiger partial charge is 0.248 e. The average Bonchev–Trinajstić information content (AvgIpc) is 2.42. The van der Waals surface area contributed by atoms with Crippen LogP contribution in [0.25, 0.3) is 0 Å². The Morgan fingerprint density at radius 1 is 1.15 bits per heavy atom. The van der Waals surface area contributed by atoms with Crippen LogP contribution in [0.1, 0.15) is 28.9 Å². The van der Waals surface area contributed by atoms with Crippen LogP contribution in [0.3, 0.4) is 0 Å². The number of benzene rings is 2. The van der Waals surface area contributed by atoms with Gasteiger partial charge in [0.05, 0.1) is 6.04 Å². The maximum Gasteiger partial charge on any atom is 0.248 e. The van der Waals surface area contributed by atoms with Crippen LogP contribution >= 0.6 is 0 Å². The molecule has 0 aromatic heterocycles. The Balaban J connectivity index is 2.16. The van der Waals surface area contributed by atoms with E-state index in [1.54, 1.807) is 31.2 Å². The second-order valence-electron chi connectivity index (χ2n) is 4.47. The van der Waals surface area contributed by atoms with Crippen LogP contribution in [0.5, 0.6) is 0 Å². The second kappa shape index (κ2) is 5.69. The van der Waals surface area contributed by atoms with Crippen LogP contribution < -0.4 is 11.1 Å². The number of hydrogen-bond acceptors (Lipinski definition) is 2. The monoisotopic (exact) mass is 276 g/mol. The highest BCUT2D eigenvalue weighted by Crippen LogP contribution is 2.22. The van der Waals surface area contributed by atoms with E-state index in [2.05, 4.69) is 5.32 Å². The molecule has 1 amide bonds. The highest BCUT2D eigenvalue weighted by atomic mass is 19.1. The zero-order valence-corrected chi connectivity index (χ0v) is 10.9. The van der Waals surface area contributed by atoms with Gasteiger partial charge in [-0.15, -0.1) is 0 Å². The fourth-order valence-corrected chi connectivity index (χ4v) is 1.90. The Kier molecular flexibility index (Phi) is 3.98. The molecular formula is C15H14F2N2O. The summed E-state index contributed by atoms with van der Waals surface area (Å²) < 4.78 is 26.8. The maximum atomic E-state index is 13.6. The minimum Gasteiger partial charge on any atom is -0.378 e. The number of hydrogen-bond donors (Lipinski definition) is 2. The largest absolute Gasteiger partial charge is 0.378 e. The Labute approximate surface area is 115 Å². The third kappa shape index (κ3) is 3.12. The molecule has 0 aliphatic heterocycles. The first-order valence-electron chi connectivity index (χ1n) is 6.08. The molecule has 2 rings (SSSR count). The molecule has 104 valence electrons. The molecule has 20 heavy (non-hydrogen) atoms. The van der Waals surface area contributed by atoms with Gasteiger partial charge in [0, 0.05) is 16.8 Å². The van der Waals surface area contributed by atoms with E-state index in [4.69, 9.17) is 5.73 Å². The lowest BCUT2D eigenvalue weighted by molar-refractivity contribution is 0.100. The maximum absolute atomic E-state index is 13.6. The number of nitrogens with two attached hydrogens (primary N) is 1. The van der Waals surface area contributed by atoms with Crippen molar-refractivity contribution < 1.29 is 13.6 Å². The van der Waals surface area contributed by atoms with Gasteiger partial charge in [-0.05, 0) is 49.4 Å². The summed E-state index contributed by atoms with van der Waals surface area (Å²) in [5.74, 6) is -1.47. The Morgan fingerprint density at radius 2 is 1.80 bits per heavy atom. The quantitative estimate of drug-likeness (QED) is 0.900. The van der Waals surface area contributed by atoms with Crippen molar-refractivity contribution in [2.24, 2.45) is 5.73 Å². The summed E-state index contributed by atoms with van der Waals surface area (Å²) >= 11 is 0. The van der Waals surface area contributed by atoms with Gasteiger partial charge in [-0.25, -0.2) is 8.78 Å². The molecule has 0 fully saturated rings. The third-order valence-electron chi connectivity index (χ3n) is 2.98. The summed E-state index contributed by atoms with van der Waals surface area (Å²) in [6, 6.07) is 9.38. The zero-order valence-electron chi connectivity index (χ0n) is 10.9. The highest BCUT2D eigenvalue weighted by molar-refractivity contribution is 5.93. The number of rotatable bonds is 4. The van der Waals surface area contributed by atoms with Crippen LogP contribution in [-0.4, -0.2) is 5.91 Å². The summed E-state index contributed by atoms with van der Waals surface area (Å²) in [5.41, 5.74) is 6.46. The number of amides is 1. The van der Waals surface area contributed by atoms with Gasteiger partial charge >= 0.3 is 0 Å². The molecule has 0 aliphatic rings. The molecule has 2 aromatic carbocycles. The normalized spacial score (nSPS) is 11.9. The van der Waals surface area contributed by atoms with Gasteiger partial charge in [0.15, 0.2) is 0 Å². The number of carbonyl (C=O) groups excluding carboxylic acids is 1. The Bertz CT molecular complexity index is 626. The number of carbonyl (C=O) groups is 1. The Hall–Kier alpha value is -2.43. The van der Waals surface area contributed by atoms with Crippen LogP contribution in [0, 0.1) is 11.6 Å². The first-order valence-corrected chi connectivity index (χ1v) is 6.08. The summed E-state index contributed by atoms with van der Waals surface area (Å²) in [6.45, 7) is 1.72. The van der Waals surface area contributed by atoms with E-state index in [-0.39, 0.29) is 5.56 Å². The molecule has 0 heterocycles. The van der Waals surface area contributed by atoms with Crippen LogP contribution in [0.15, 0.2) is 42.5 Å². The van der Waals surface area contributed by atoms with Crippen LogP contribution in [0.4, 0.5) is 14.5 Å². The van der Waals surface area contributed by atoms with Crippen molar-refractivity contribution in [3.8, 4) is 0 Å². The molecule has 0 bridgehead atoms. The molecule has 0 spiro atoms. The van der Waals surface area contributed by atoms with E-state index in [9.17, 15) is 13.6 Å². The van der Waals surface area contributed by atoms with E-state index < -0.39 is 23.6 Å². The lowest BCUT2D eigenvalue weighted by Crippen LogP contribution is -2.12. The van der Waals surface area contributed by atoms with E-state index in [0.717, 1.165) is 18.2 Å². The molecule has 3 nitrogen and oxygen atoms in total. The minimum atomic E-state index is -0.513. The molecule has 1 unspecified atom stereocenters. The topological polar surface area (TPSA) is 55.1 Å². The number of anilines is 1. The van der Waals surface area contributed by atoms with E-state index in [1.807, 2.05) is 0 Å². The predicted octanol–water partition coefficient (Wildman–Crippen LogP) is 3.24. The van der Waals surface area contributed by atoms with Gasteiger partial charge in [0.2, 0.25) is 5.91 Å². The lowest BCUT2D eigenvalue weighted by Gasteiger charge is -2.16. The van der Waals surface area contributed by atoms with Crippen LogP contribution in [0.2, 0.25) is 0 Å². The summed E-state index contributed by atoms with van der Waals surface area (Å²) in [7, 11) is 0. The number of nitrogens with one attached hydrogen (secondary N) is 1. The fourth-order valence-electron chi connectivity index (χ4n) is 1.90. The molecule has 1 atom stereocenters. The van der Waals surface area contributed by atoms with Gasteiger partial charge < -0.3 is 11.1 Å². The lowest BCUT2D eigenvalue weighted by atomic mass is 10.1. The van der Waals surface area contributed by atoms with Crippen molar-refractivity contribution in [1.29, 1.82) is 0 Å². The third-order valence-corrected chi connectivity index (χ3v) is 2.98. The fraction of sp³-hybridized carbons (Fsp3) is 0.133. The first kappa shape index (κ1) is 14.0. The van der Waals surface area contributed by atoms with Gasteiger partial charge in [-0.1, -0.05) is 0 Å². The molecule has 5 heteroatoms. The summed E-state index contributed by atoms with van der Waals surface area (Å²) in [6.07, 6.45) is 0. The first-order chi connectivity index (χ1) is 9.47. The second-order valence-corrected chi connectivity index (χ2v) is 4.47. The summed E-state index contributed by atoms with van der Waals surface area (Å²) in [5, 5.41) is 3.03. The van der Waals surface area contributed by atoms with E-state index >= 15 is 0 Å². The molecule has 0 saturated carbocycles. The van der Waals surface area contributed by atoms with Crippen molar-refractivity contribution in [2.75, 3.05) is 5.32 Å². The molecule has 0 aliphatic carbocycles. The molecule has 3 N–H and O–H groups in total. The molecular weight excluding hydrogens is 262 g/mol. The molecule has 0 saturated heterocycles. The molecule has 0 radical (unpaired) electrons. The van der Waals surface area contributed by atoms with E-state index in [1.165, 1.54) is 0 Å². The number of halogens is 2. The average molecular weight is 276 g/mol. The highest BCUT2D eigenvalue weighted by Gasteiger charge is 2.12. The van der Waals surface area contributed by atoms with Crippen molar-refractivity contribution in [3.05, 3.63) is 65.2 Å². The Morgan fingerprint density at radius 3 is 2.40 bits per heavy atom. The van der Waals surface area contributed by atoms with Gasteiger partial charge in [0.1, 0.15) is 11.6 Å². The van der Waals surface area contributed by atoms with Crippen LogP contribution in [-0.2, 0) is 0 Å². The minimum absolute atomic E-state index is 0.240. The van der Waals surface area contributed by atoms with Crippen molar-refractivity contribution >= 4 is 11.6 Å². The predicted molar refractivity (Wildman–Crippen MR) is 73.4 cm³/mol.